The fraction of sp³-hybridized carbons (Fsp3) is 0.353. The van der Waals surface area contributed by atoms with Crippen LogP contribution in [0.4, 0.5) is 0 Å². The van der Waals surface area contributed by atoms with Gasteiger partial charge in [-0.3, -0.25) is 0 Å². The molecule has 1 aromatic carbocycles. The Morgan fingerprint density at radius 3 is 2.76 bits per heavy atom. The Labute approximate surface area is 124 Å². The molecule has 1 atom stereocenters. The number of hydrogen-bond donors (Lipinski definition) is 2. The van der Waals surface area contributed by atoms with E-state index in [0.29, 0.717) is 12.1 Å². The van der Waals surface area contributed by atoms with Crippen LogP contribution in [0.3, 0.4) is 0 Å². The summed E-state index contributed by atoms with van der Waals surface area (Å²) in [5.41, 5.74) is 10.8. The molecule has 0 fully saturated rings. The minimum Gasteiger partial charge on any atom is -0.478 e. The summed E-state index contributed by atoms with van der Waals surface area (Å²) < 4.78 is 2.06. The maximum absolute atomic E-state index is 11.5. The summed E-state index contributed by atoms with van der Waals surface area (Å²) in [7, 11) is 0. The summed E-state index contributed by atoms with van der Waals surface area (Å²) in [5.74, 6) is -0.883. The van der Waals surface area contributed by atoms with Gasteiger partial charge in [0.2, 0.25) is 0 Å². The van der Waals surface area contributed by atoms with Crippen LogP contribution in [0.25, 0.3) is 0 Å². The van der Waals surface area contributed by atoms with Crippen molar-refractivity contribution in [1.29, 1.82) is 0 Å². The first-order chi connectivity index (χ1) is 10.1. The Morgan fingerprint density at radius 2 is 2.10 bits per heavy atom. The Hall–Kier alpha value is -2.07. The number of fused-ring (bicyclic) bond motifs is 1. The highest BCUT2D eigenvalue weighted by Gasteiger charge is 2.27. The van der Waals surface area contributed by atoms with Gasteiger partial charge in [0, 0.05) is 30.0 Å². The number of aromatic nitrogens is 1. The van der Waals surface area contributed by atoms with E-state index in [-0.39, 0.29) is 6.04 Å². The number of rotatable bonds is 3. The van der Waals surface area contributed by atoms with Gasteiger partial charge >= 0.3 is 5.97 Å². The molecule has 0 amide bonds. The molecule has 4 nitrogen and oxygen atoms in total. The van der Waals surface area contributed by atoms with Gasteiger partial charge in [-0.1, -0.05) is 29.8 Å². The minimum atomic E-state index is -0.883. The van der Waals surface area contributed by atoms with Crippen LogP contribution in [0, 0.1) is 6.92 Å². The van der Waals surface area contributed by atoms with E-state index in [4.69, 9.17) is 5.73 Å². The molecule has 1 aromatic heterocycles. The number of carboxylic acid groups (broad SMARTS) is 1. The first kappa shape index (κ1) is 13.9. The highest BCUT2D eigenvalue weighted by Crippen LogP contribution is 2.32. The van der Waals surface area contributed by atoms with Crippen molar-refractivity contribution in [2.24, 2.45) is 5.73 Å². The molecular weight excluding hydrogens is 264 g/mol. The quantitative estimate of drug-likeness (QED) is 0.910. The zero-order valence-electron chi connectivity index (χ0n) is 12.2. The van der Waals surface area contributed by atoms with Crippen LogP contribution in [0.15, 0.2) is 30.5 Å². The van der Waals surface area contributed by atoms with E-state index in [1.807, 2.05) is 0 Å². The smallest absolute Gasteiger partial charge is 0.337 e. The molecule has 2 aromatic rings. The van der Waals surface area contributed by atoms with Gasteiger partial charge in [-0.15, -0.1) is 0 Å². The van der Waals surface area contributed by atoms with Gasteiger partial charge in [0.15, 0.2) is 0 Å². The van der Waals surface area contributed by atoms with Crippen molar-refractivity contribution in [2.75, 3.05) is 0 Å². The SMILES string of the molecule is Cc1ccc(Cn2cc(C(=O)O)c3c2CCCC3N)cc1. The van der Waals surface area contributed by atoms with Crippen molar-refractivity contribution in [3.8, 4) is 0 Å². The maximum Gasteiger partial charge on any atom is 0.337 e. The largest absolute Gasteiger partial charge is 0.478 e. The molecule has 0 radical (unpaired) electrons. The number of aromatic carboxylic acids is 1. The highest BCUT2D eigenvalue weighted by molar-refractivity contribution is 5.90. The molecule has 110 valence electrons. The molecule has 0 bridgehead atoms. The van der Waals surface area contributed by atoms with Crippen LogP contribution in [0.5, 0.6) is 0 Å². The molecule has 21 heavy (non-hydrogen) atoms. The van der Waals surface area contributed by atoms with Crippen LogP contribution in [0.2, 0.25) is 0 Å². The Balaban J connectivity index is 2.01. The molecule has 3 N–H and O–H groups in total. The normalized spacial score (nSPS) is 17.5. The number of hydrogen-bond acceptors (Lipinski definition) is 2. The predicted octanol–water partition coefficient (Wildman–Crippen LogP) is 2.88. The van der Waals surface area contributed by atoms with Gasteiger partial charge < -0.3 is 15.4 Å². The third kappa shape index (κ3) is 2.59. The lowest BCUT2D eigenvalue weighted by Gasteiger charge is -2.21. The van der Waals surface area contributed by atoms with E-state index >= 15 is 0 Å². The number of carbonyl (C=O) groups is 1. The zero-order chi connectivity index (χ0) is 15.0. The van der Waals surface area contributed by atoms with E-state index in [9.17, 15) is 9.90 Å². The average molecular weight is 284 g/mol. The molecule has 1 heterocycles. The van der Waals surface area contributed by atoms with Crippen LogP contribution in [0.1, 0.15) is 51.6 Å². The van der Waals surface area contributed by atoms with E-state index in [2.05, 4.69) is 35.8 Å². The Morgan fingerprint density at radius 1 is 1.38 bits per heavy atom. The summed E-state index contributed by atoms with van der Waals surface area (Å²) in [5, 5.41) is 9.41. The molecule has 1 aliphatic rings. The standard InChI is InChI=1S/C17H20N2O2/c1-11-5-7-12(8-6-11)9-19-10-13(17(20)21)16-14(18)3-2-4-15(16)19/h5-8,10,14H,2-4,9,18H2,1H3,(H,20,21). The van der Waals surface area contributed by atoms with Gasteiger partial charge in [0.05, 0.1) is 5.56 Å². The second-order valence-electron chi connectivity index (χ2n) is 5.82. The van der Waals surface area contributed by atoms with Gasteiger partial charge in [0.1, 0.15) is 0 Å². The average Bonchev–Trinajstić information content (AvgIpc) is 2.82. The minimum absolute atomic E-state index is 0.154. The van der Waals surface area contributed by atoms with Crippen molar-refractivity contribution in [1.82, 2.24) is 4.57 Å². The van der Waals surface area contributed by atoms with E-state index < -0.39 is 5.97 Å². The van der Waals surface area contributed by atoms with Gasteiger partial charge in [-0.2, -0.15) is 0 Å². The number of nitrogens with two attached hydrogens (primary N) is 1. The lowest BCUT2D eigenvalue weighted by molar-refractivity contribution is 0.0695. The molecule has 0 saturated heterocycles. The molecule has 0 saturated carbocycles. The maximum atomic E-state index is 11.5. The summed E-state index contributed by atoms with van der Waals surface area (Å²) in [6.07, 6.45) is 4.53. The highest BCUT2D eigenvalue weighted by atomic mass is 16.4. The summed E-state index contributed by atoms with van der Waals surface area (Å²) in [6.45, 7) is 2.76. The molecule has 4 heteroatoms. The first-order valence-electron chi connectivity index (χ1n) is 7.32. The lowest BCUT2D eigenvalue weighted by atomic mass is 9.91. The van der Waals surface area contributed by atoms with Gasteiger partial charge in [-0.05, 0) is 31.7 Å². The Kier molecular flexibility index (Phi) is 3.55. The van der Waals surface area contributed by atoms with Gasteiger partial charge in [-0.25, -0.2) is 4.79 Å². The van der Waals surface area contributed by atoms with Crippen molar-refractivity contribution < 1.29 is 9.90 Å². The van der Waals surface area contributed by atoms with Crippen molar-refractivity contribution >= 4 is 5.97 Å². The number of benzene rings is 1. The summed E-state index contributed by atoms with van der Waals surface area (Å²) >= 11 is 0. The third-order valence-electron chi connectivity index (χ3n) is 4.24. The fourth-order valence-electron chi connectivity index (χ4n) is 3.14. The molecular formula is C17H20N2O2. The predicted molar refractivity (Wildman–Crippen MR) is 81.5 cm³/mol. The topological polar surface area (TPSA) is 68.2 Å². The van der Waals surface area contributed by atoms with E-state index in [0.717, 1.165) is 30.5 Å². The Bertz CT molecular complexity index is 671. The van der Waals surface area contributed by atoms with Crippen molar-refractivity contribution in [3.05, 3.63) is 58.4 Å². The zero-order valence-corrected chi connectivity index (χ0v) is 12.2. The molecule has 1 aliphatic carbocycles. The van der Waals surface area contributed by atoms with Crippen molar-refractivity contribution in [2.45, 2.75) is 38.8 Å². The molecule has 0 aliphatic heterocycles. The first-order valence-corrected chi connectivity index (χ1v) is 7.32. The second kappa shape index (κ2) is 5.37. The van der Waals surface area contributed by atoms with Gasteiger partial charge in [0.25, 0.3) is 0 Å². The number of nitrogens with zero attached hydrogens (tertiary/aromatic N) is 1. The molecule has 3 rings (SSSR count). The second-order valence-corrected chi connectivity index (χ2v) is 5.82. The van der Waals surface area contributed by atoms with Crippen molar-refractivity contribution in [3.63, 3.8) is 0 Å². The van der Waals surface area contributed by atoms with E-state index in [1.54, 1.807) is 6.20 Å². The fourth-order valence-corrected chi connectivity index (χ4v) is 3.14. The van der Waals surface area contributed by atoms with Crippen LogP contribution >= 0.6 is 0 Å². The number of carboxylic acids is 1. The third-order valence-corrected chi connectivity index (χ3v) is 4.24. The molecule has 0 spiro atoms. The van der Waals surface area contributed by atoms with Crippen LogP contribution < -0.4 is 5.73 Å². The van der Waals surface area contributed by atoms with Crippen LogP contribution in [-0.4, -0.2) is 15.6 Å². The molecule has 1 unspecified atom stereocenters. The summed E-state index contributed by atoms with van der Waals surface area (Å²) in [6, 6.07) is 8.18. The number of aryl methyl sites for hydroxylation is 1. The van der Waals surface area contributed by atoms with E-state index in [1.165, 1.54) is 11.1 Å². The lowest BCUT2D eigenvalue weighted by Crippen LogP contribution is -2.20. The van der Waals surface area contributed by atoms with Crippen LogP contribution in [-0.2, 0) is 13.0 Å². The monoisotopic (exact) mass is 284 g/mol. The summed E-state index contributed by atoms with van der Waals surface area (Å²) in [4.78, 5) is 11.5.